The normalized spacial score (nSPS) is 12.9. The molecule has 0 saturated carbocycles. The molecule has 1 atom stereocenters. The SMILES string of the molecule is CCCCN(CCCC)C(CC)c1nc2ccc(OC)cc2[nH]1. The highest BCUT2D eigenvalue weighted by atomic mass is 16.5. The van der Waals surface area contributed by atoms with Crippen molar-refractivity contribution >= 4 is 11.0 Å². The summed E-state index contributed by atoms with van der Waals surface area (Å²) in [6.07, 6.45) is 6.03. The number of hydrogen-bond donors (Lipinski definition) is 1. The van der Waals surface area contributed by atoms with E-state index < -0.39 is 0 Å². The van der Waals surface area contributed by atoms with Crippen molar-refractivity contribution in [2.24, 2.45) is 0 Å². The molecule has 0 aliphatic carbocycles. The molecule has 0 saturated heterocycles. The van der Waals surface area contributed by atoms with E-state index in [1.165, 1.54) is 25.7 Å². The van der Waals surface area contributed by atoms with E-state index in [0.717, 1.165) is 42.1 Å². The Morgan fingerprint density at radius 1 is 1.13 bits per heavy atom. The number of ether oxygens (including phenoxy) is 1. The Labute approximate surface area is 140 Å². The van der Waals surface area contributed by atoms with E-state index in [9.17, 15) is 0 Å². The second-order valence-corrected chi connectivity index (χ2v) is 6.17. The smallest absolute Gasteiger partial charge is 0.124 e. The lowest BCUT2D eigenvalue weighted by Gasteiger charge is -2.29. The highest BCUT2D eigenvalue weighted by molar-refractivity contribution is 5.76. The molecule has 23 heavy (non-hydrogen) atoms. The average Bonchev–Trinajstić information content (AvgIpc) is 2.99. The Balaban J connectivity index is 2.25. The number of rotatable bonds is 10. The number of fused-ring (bicyclic) bond motifs is 1. The fourth-order valence-electron chi connectivity index (χ4n) is 3.06. The molecule has 1 aromatic heterocycles. The molecule has 2 aromatic rings. The van der Waals surface area contributed by atoms with Gasteiger partial charge in [0, 0.05) is 6.07 Å². The number of nitrogens with one attached hydrogen (secondary N) is 1. The summed E-state index contributed by atoms with van der Waals surface area (Å²) in [4.78, 5) is 11.0. The lowest BCUT2D eigenvalue weighted by molar-refractivity contribution is 0.180. The van der Waals surface area contributed by atoms with Crippen LogP contribution >= 0.6 is 0 Å². The molecule has 1 unspecified atom stereocenters. The van der Waals surface area contributed by atoms with Gasteiger partial charge in [-0.1, -0.05) is 33.6 Å². The molecule has 0 bridgehead atoms. The number of aromatic amines is 1. The second-order valence-electron chi connectivity index (χ2n) is 6.17. The van der Waals surface area contributed by atoms with Crippen LogP contribution in [0.5, 0.6) is 5.75 Å². The highest BCUT2D eigenvalue weighted by Crippen LogP contribution is 2.26. The van der Waals surface area contributed by atoms with Gasteiger partial charge < -0.3 is 9.72 Å². The fourth-order valence-corrected chi connectivity index (χ4v) is 3.06. The molecule has 0 amide bonds. The van der Waals surface area contributed by atoms with Crippen LogP contribution in [0.3, 0.4) is 0 Å². The van der Waals surface area contributed by atoms with E-state index in [2.05, 4.69) is 30.7 Å². The van der Waals surface area contributed by atoms with E-state index in [1.807, 2.05) is 18.2 Å². The summed E-state index contributed by atoms with van der Waals surface area (Å²) < 4.78 is 5.31. The number of imidazole rings is 1. The Morgan fingerprint density at radius 2 is 1.83 bits per heavy atom. The van der Waals surface area contributed by atoms with Crippen molar-refractivity contribution in [3.8, 4) is 5.75 Å². The van der Waals surface area contributed by atoms with Crippen LogP contribution in [-0.4, -0.2) is 35.1 Å². The quantitative estimate of drug-likeness (QED) is 0.676. The van der Waals surface area contributed by atoms with Crippen molar-refractivity contribution in [3.05, 3.63) is 24.0 Å². The number of aromatic nitrogens is 2. The molecule has 128 valence electrons. The second kappa shape index (κ2) is 8.92. The van der Waals surface area contributed by atoms with E-state index >= 15 is 0 Å². The predicted molar refractivity (Wildman–Crippen MR) is 97.1 cm³/mol. The van der Waals surface area contributed by atoms with Gasteiger partial charge in [0.2, 0.25) is 0 Å². The summed E-state index contributed by atoms with van der Waals surface area (Å²) in [5, 5.41) is 0. The van der Waals surface area contributed by atoms with Crippen LogP contribution in [0.15, 0.2) is 18.2 Å². The summed E-state index contributed by atoms with van der Waals surface area (Å²) in [5.74, 6) is 1.96. The lowest BCUT2D eigenvalue weighted by atomic mass is 10.1. The summed E-state index contributed by atoms with van der Waals surface area (Å²) in [6, 6.07) is 6.40. The van der Waals surface area contributed by atoms with Crippen LogP contribution in [0, 0.1) is 0 Å². The summed E-state index contributed by atoms with van der Waals surface area (Å²) in [5.41, 5.74) is 2.08. The number of methoxy groups -OCH3 is 1. The maximum atomic E-state index is 5.31. The fraction of sp³-hybridized carbons (Fsp3) is 0.632. The number of benzene rings is 1. The van der Waals surface area contributed by atoms with Crippen molar-refractivity contribution in [2.75, 3.05) is 20.2 Å². The van der Waals surface area contributed by atoms with Gasteiger partial charge in [-0.15, -0.1) is 0 Å². The molecule has 0 fully saturated rings. The zero-order valence-corrected chi connectivity index (χ0v) is 15.1. The first-order chi connectivity index (χ1) is 11.2. The van der Waals surface area contributed by atoms with Gasteiger partial charge >= 0.3 is 0 Å². The van der Waals surface area contributed by atoms with Crippen LogP contribution in [0.4, 0.5) is 0 Å². The first kappa shape index (κ1) is 17.8. The van der Waals surface area contributed by atoms with Gasteiger partial charge in [0.15, 0.2) is 0 Å². The molecule has 1 N–H and O–H groups in total. The zero-order valence-electron chi connectivity index (χ0n) is 15.1. The van der Waals surface area contributed by atoms with E-state index in [1.54, 1.807) is 7.11 Å². The first-order valence-electron chi connectivity index (χ1n) is 9.01. The Kier molecular flexibility index (Phi) is 6.90. The van der Waals surface area contributed by atoms with Crippen LogP contribution < -0.4 is 4.74 Å². The minimum Gasteiger partial charge on any atom is -0.497 e. The van der Waals surface area contributed by atoms with Crippen molar-refractivity contribution in [1.82, 2.24) is 14.9 Å². The van der Waals surface area contributed by atoms with Crippen molar-refractivity contribution in [2.45, 2.75) is 58.9 Å². The predicted octanol–water partition coefficient (Wildman–Crippen LogP) is 4.92. The van der Waals surface area contributed by atoms with Gasteiger partial charge in [0.1, 0.15) is 11.6 Å². The number of hydrogen-bond acceptors (Lipinski definition) is 3. The van der Waals surface area contributed by atoms with Crippen LogP contribution in [0.1, 0.15) is 64.7 Å². The first-order valence-corrected chi connectivity index (χ1v) is 9.01. The number of unbranched alkanes of at least 4 members (excludes halogenated alkanes) is 2. The van der Waals surface area contributed by atoms with Crippen molar-refractivity contribution in [1.29, 1.82) is 0 Å². The molecule has 4 nitrogen and oxygen atoms in total. The minimum atomic E-state index is 0.367. The van der Waals surface area contributed by atoms with Gasteiger partial charge in [-0.2, -0.15) is 0 Å². The molecule has 1 aromatic carbocycles. The highest BCUT2D eigenvalue weighted by Gasteiger charge is 2.21. The average molecular weight is 317 g/mol. The zero-order chi connectivity index (χ0) is 16.7. The topological polar surface area (TPSA) is 41.2 Å². The maximum Gasteiger partial charge on any atom is 0.124 e. The van der Waals surface area contributed by atoms with E-state index in [4.69, 9.17) is 9.72 Å². The molecule has 4 heteroatoms. The van der Waals surface area contributed by atoms with Crippen molar-refractivity contribution < 1.29 is 4.74 Å². The van der Waals surface area contributed by atoms with E-state index in [0.29, 0.717) is 6.04 Å². The summed E-state index contributed by atoms with van der Waals surface area (Å²) in [7, 11) is 1.70. The van der Waals surface area contributed by atoms with E-state index in [-0.39, 0.29) is 0 Å². The third-order valence-corrected chi connectivity index (χ3v) is 4.45. The molecular weight excluding hydrogens is 286 g/mol. The molecule has 0 spiro atoms. The van der Waals surface area contributed by atoms with Crippen LogP contribution in [-0.2, 0) is 0 Å². The lowest BCUT2D eigenvalue weighted by Crippen LogP contribution is -2.31. The molecular formula is C19H31N3O. The van der Waals surface area contributed by atoms with Gasteiger partial charge in [0.05, 0.1) is 24.2 Å². The monoisotopic (exact) mass is 317 g/mol. The number of nitrogens with zero attached hydrogens (tertiary/aromatic N) is 2. The Morgan fingerprint density at radius 3 is 2.39 bits per heavy atom. The standard InChI is InChI=1S/C19H31N3O/c1-5-8-12-22(13-9-6-2)18(7-3)19-20-16-11-10-15(23-4)14-17(16)21-19/h10-11,14,18H,5-9,12-13H2,1-4H3,(H,20,21). The van der Waals surface area contributed by atoms with Gasteiger partial charge in [-0.3, -0.25) is 4.90 Å². The Bertz CT molecular complexity index is 585. The van der Waals surface area contributed by atoms with Gasteiger partial charge in [0.25, 0.3) is 0 Å². The third kappa shape index (κ3) is 4.47. The molecule has 1 heterocycles. The number of H-pyrrole nitrogens is 1. The van der Waals surface area contributed by atoms with Crippen LogP contribution in [0.2, 0.25) is 0 Å². The largest absolute Gasteiger partial charge is 0.497 e. The third-order valence-electron chi connectivity index (χ3n) is 4.45. The van der Waals surface area contributed by atoms with Crippen LogP contribution in [0.25, 0.3) is 11.0 Å². The van der Waals surface area contributed by atoms with Crippen molar-refractivity contribution in [3.63, 3.8) is 0 Å². The summed E-state index contributed by atoms with van der Waals surface area (Å²) >= 11 is 0. The minimum absolute atomic E-state index is 0.367. The Hall–Kier alpha value is -1.55. The maximum absolute atomic E-state index is 5.31. The van der Waals surface area contributed by atoms with Gasteiger partial charge in [-0.05, 0) is 44.5 Å². The molecule has 0 radical (unpaired) electrons. The molecule has 0 aliphatic rings. The van der Waals surface area contributed by atoms with Gasteiger partial charge in [-0.25, -0.2) is 4.98 Å². The molecule has 0 aliphatic heterocycles. The summed E-state index contributed by atoms with van der Waals surface area (Å²) in [6.45, 7) is 9.06. The molecule has 2 rings (SSSR count).